The number of rotatable bonds is 6. The van der Waals surface area contributed by atoms with Gasteiger partial charge in [-0.25, -0.2) is 0 Å². The van der Waals surface area contributed by atoms with E-state index in [1.165, 1.54) is 0 Å². The summed E-state index contributed by atoms with van der Waals surface area (Å²) in [4.78, 5) is 31.4. The molecule has 6 nitrogen and oxygen atoms in total. The minimum atomic E-state index is -0.190. The predicted octanol–water partition coefficient (Wildman–Crippen LogP) is 3.32. The fraction of sp³-hybridized carbons (Fsp3) is 0.545. The van der Waals surface area contributed by atoms with Gasteiger partial charge in [0.25, 0.3) is 0 Å². The third kappa shape index (κ3) is 3.85. The number of nitrogens with zero attached hydrogens (tertiary/aromatic N) is 3. The largest absolute Gasteiger partial charge is 0.378 e. The number of carbonyl (C=O) groups is 2. The molecule has 3 rings (SSSR count). The average molecular weight is 381 g/mol. The molecule has 1 fully saturated rings. The van der Waals surface area contributed by atoms with Crippen LogP contribution in [0, 0.1) is 11.3 Å². The zero-order valence-electron chi connectivity index (χ0n) is 16.9. The Kier molecular flexibility index (Phi) is 5.95. The van der Waals surface area contributed by atoms with Gasteiger partial charge in [0.1, 0.15) is 17.3 Å². The second-order valence-corrected chi connectivity index (χ2v) is 7.83. The number of pyridine rings is 1. The van der Waals surface area contributed by atoms with Crippen LogP contribution in [0.1, 0.15) is 67.6 Å². The van der Waals surface area contributed by atoms with E-state index in [-0.39, 0.29) is 29.2 Å². The second kappa shape index (κ2) is 8.24. The van der Waals surface area contributed by atoms with E-state index in [1.54, 1.807) is 19.4 Å². The lowest BCUT2D eigenvalue weighted by Crippen LogP contribution is -2.43. The van der Waals surface area contributed by atoms with Crippen LogP contribution in [0.5, 0.6) is 0 Å². The molecule has 0 saturated carbocycles. The van der Waals surface area contributed by atoms with Gasteiger partial charge in [-0.15, -0.1) is 0 Å². The van der Waals surface area contributed by atoms with Crippen molar-refractivity contribution in [3.63, 3.8) is 0 Å². The van der Waals surface area contributed by atoms with Crippen molar-refractivity contribution in [2.24, 2.45) is 0 Å². The van der Waals surface area contributed by atoms with E-state index in [9.17, 15) is 14.9 Å². The van der Waals surface area contributed by atoms with E-state index >= 15 is 0 Å². The molecule has 28 heavy (non-hydrogen) atoms. The summed E-state index contributed by atoms with van der Waals surface area (Å²) in [6.07, 6.45) is 5.63. The highest BCUT2D eigenvalue weighted by Crippen LogP contribution is 2.36. The number of carbonyl (C=O) groups excluding carboxylic acids is 2. The number of piperidine rings is 1. The first-order chi connectivity index (χ1) is 13.4. The Hall–Kier alpha value is -2.52. The lowest BCUT2D eigenvalue weighted by atomic mass is 9.86. The maximum absolute atomic E-state index is 12.6. The van der Waals surface area contributed by atoms with Gasteiger partial charge in [-0.1, -0.05) is 13.3 Å². The second-order valence-electron chi connectivity index (χ2n) is 7.83. The summed E-state index contributed by atoms with van der Waals surface area (Å²) in [6.45, 7) is 5.51. The molecule has 0 amide bonds. The van der Waals surface area contributed by atoms with Gasteiger partial charge >= 0.3 is 0 Å². The van der Waals surface area contributed by atoms with Gasteiger partial charge in [0.2, 0.25) is 0 Å². The highest BCUT2D eigenvalue weighted by Gasteiger charge is 2.35. The number of fused-ring (bicyclic) bond motifs is 1. The fourth-order valence-corrected chi connectivity index (χ4v) is 3.84. The zero-order valence-corrected chi connectivity index (χ0v) is 16.9. The fourth-order valence-electron chi connectivity index (χ4n) is 3.84. The quantitative estimate of drug-likeness (QED) is 0.703. The van der Waals surface area contributed by atoms with Crippen LogP contribution in [0.25, 0.3) is 5.70 Å². The molecule has 1 aromatic rings. The zero-order chi connectivity index (χ0) is 20.3. The van der Waals surface area contributed by atoms with E-state index in [4.69, 9.17) is 4.74 Å². The topological polar surface area (TPSA) is 83.3 Å². The predicted molar refractivity (Wildman–Crippen MR) is 106 cm³/mol. The van der Waals surface area contributed by atoms with Gasteiger partial charge in [0, 0.05) is 44.8 Å². The van der Waals surface area contributed by atoms with Crippen molar-refractivity contribution in [1.82, 2.24) is 9.88 Å². The summed E-state index contributed by atoms with van der Waals surface area (Å²) >= 11 is 0. The van der Waals surface area contributed by atoms with Crippen LogP contribution in [0.4, 0.5) is 0 Å². The molecular weight excluding hydrogens is 354 g/mol. The molecule has 1 aromatic heterocycles. The van der Waals surface area contributed by atoms with Crippen molar-refractivity contribution in [3.05, 3.63) is 34.7 Å². The number of Topliss-reactive ketones (excluding diaryl/α,β-unsaturated/α-hetero) is 2. The number of hydrogen-bond donors (Lipinski definition) is 0. The number of methoxy groups -OCH3 is 1. The van der Waals surface area contributed by atoms with Crippen LogP contribution in [0.3, 0.4) is 0 Å². The Labute approximate surface area is 166 Å². The number of likely N-dealkylation sites (tertiary alicyclic amines) is 1. The number of unbranched alkanes of at least 4 members (excludes halogenated alkanes) is 1. The maximum atomic E-state index is 12.6. The van der Waals surface area contributed by atoms with E-state index in [2.05, 4.69) is 22.9 Å². The lowest BCUT2D eigenvalue weighted by Gasteiger charge is -2.41. The molecule has 6 heteroatoms. The Bertz CT molecular complexity index is 858. The number of allylic oxidation sites excluding steroid dienone is 1. The lowest BCUT2D eigenvalue weighted by molar-refractivity contribution is -0.114. The van der Waals surface area contributed by atoms with Crippen molar-refractivity contribution in [3.8, 4) is 6.07 Å². The Morgan fingerprint density at radius 3 is 2.71 bits per heavy atom. The van der Waals surface area contributed by atoms with E-state index in [0.29, 0.717) is 30.9 Å². The third-order valence-electron chi connectivity index (χ3n) is 5.89. The number of hydrogen-bond acceptors (Lipinski definition) is 6. The van der Waals surface area contributed by atoms with Gasteiger partial charge in [0.15, 0.2) is 11.6 Å². The van der Waals surface area contributed by atoms with Crippen molar-refractivity contribution >= 4 is 17.3 Å². The molecule has 0 radical (unpaired) electrons. The van der Waals surface area contributed by atoms with Crippen molar-refractivity contribution in [2.45, 2.75) is 58.0 Å². The molecule has 0 spiro atoms. The highest BCUT2D eigenvalue weighted by atomic mass is 16.5. The summed E-state index contributed by atoms with van der Waals surface area (Å²) in [7, 11) is 1.72. The molecule has 0 N–H and O–H groups in total. The van der Waals surface area contributed by atoms with Crippen LogP contribution < -0.4 is 0 Å². The van der Waals surface area contributed by atoms with E-state index in [1.807, 2.05) is 6.92 Å². The summed E-state index contributed by atoms with van der Waals surface area (Å²) in [5.41, 5.74) is 2.64. The molecule has 0 atom stereocenters. The highest BCUT2D eigenvalue weighted by molar-refractivity contribution is 6.10. The molecule has 148 valence electrons. The molecule has 1 aliphatic heterocycles. The summed E-state index contributed by atoms with van der Waals surface area (Å²) in [6, 6.07) is 3.89. The van der Waals surface area contributed by atoms with Crippen LogP contribution in [0.2, 0.25) is 0 Å². The van der Waals surface area contributed by atoms with Crippen LogP contribution in [-0.4, -0.2) is 47.3 Å². The maximum Gasteiger partial charge on any atom is 0.181 e. The SMILES string of the molecule is CCCCC(=O)c1cc2c(cn1)CC(=O)C(C#N)=C2N1CCC(C)(OC)CC1. The standard InChI is InChI=1S/C22H27N3O3/c1-4-5-6-19(26)18-12-16-15(14-24-18)11-20(27)17(13-23)21(16)25-9-7-22(2,28-3)8-10-25/h12,14H,4-11H2,1-3H3. The third-order valence-corrected chi connectivity index (χ3v) is 5.89. The summed E-state index contributed by atoms with van der Waals surface area (Å²) < 4.78 is 5.62. The number of aromatic nitrogens is 1. The van der Waals surface area contributed by atoms with Gasteiger partial charge in [-0.3, -0.25) is 14.6 Å². The van der Waals surface area contributed by atoms with E-state index in [0.717, 1.165) is 36.8 Å². The monoisotopic (exact) mass is 381 g/mol. The Morgan fingerprint density at radius 2 is 2.11 bits per heavy atom. The van der Waals surface area contributed by atoms with Gasteiger partial charge in [0.05, 0.1) is 11.3 Å². The Balaban J connectivity index is 1.99. The first kappa shape index (κ1) is 20.2. The van der Waals surface area contributed by atoms with Crippen molar-refractivity contribution in [1.29, 1.82) is 5.26 Å². The summed E-state index contributed by atoms with van der Waals surface area (Å²) in [5.74, 6) is -0.179. The minimum Gasteiger partial charge on any atom is -0.378 e. The first-order valence-electron chi connectivity index (χ1n) is 9.92. The van der Waals surface area contributed by atoms with Crippen molar-refractivity contribution < 1.29 is 14.3 Å². The Morgan fingerprint density at radius 1 is 1.39 bits per heavy atom. The normalized spacial score (nSPS) is 18.6. The van der Waals surface area contributed by atoms with Crippen LogP contribution >= 0.6 is 0 Å². The molecule has 1 aliphatic carbocycles. The molecule has 0 bridgehead atoms. The number of nitriles is 1. The van der Waals surface area contributed by atoms with Crippen LogP contribution in [-0.2, 0) is 16.0 Å². The molecule has 1 saturated heterocycles. The smallest absolute Gasteiger partial charge is 0.181 e. The van der Waals surface area contributed by atoms with Gasteiger partial charge in [-0.05, 0) is 37.8 Å². The molecular formula is C22H27N3O3. The minimum absolute atomic E-state index is 0.00464. The average Bonchev–Trinajstić information content (AvgIpc) is 2.71. The van der Waals surface area contributed by atoms with Crippen LogP contribution in [0.15, 0.2) is 17.8 Å². The molecule has 2 heterocycles. The first-order valence-corrected chi connectivity index (χ1v) is 9.92. The molecule has 2 aliphatic rings. The summed E-state index contributed by atoms with van der Waals surface area (Å²) in [5, 5.41) is 9.67. The molecule has 0 unspecified atom stereocenters. The number of ether oxygens (including phenoxy) is 1. The van der Waals surface area contributed by atoms with Gasteiger partial charge in [-0.2, -0.15) is 5.26 Å². The van der Waals surface area contributed by atoms with E-state index < -0.39 is 0 Å². The van der Waals surface area contributed by atoms with Gasteiger partial charge < -0.3 is 9.64 Å². The van der Waals surface area contributed by atoms with Crippen molar-refractivity contribution in [2.75, 3.05) is 20.2 Å². The molecule has 0 aromatic carbocycles. The number of ketones is 2.